The highest BCUT2D eigenvalue weighted by atomic mass is 19.1. The Morgan fingerprint density at radius 2 is 2.00 bits per heavy atom. The van der Waals surface area contributed by atoms with Gasteiger partial charge < -0.3 is 4.74 Å². The van der Waals surface area contributed by atoms with E-state index in [1.165, 1.54) is 25.1 Å². The molecule has 17 heavy (non-hydrogen) atoms. The number of rotatable bonds is 2. The van der Waals surface area contributed by atoms with Gasteiger partial charge in [0.25, 0.3) is 0 Å². The third kappa shape index (κ3) is 3.25. The zero-order valence-electron chi connectivity index (χ0n) is 9.69. The van der Waals surface area contributed by atoms with Crippen LogP contribution in [0.1, 0.15) is 48.9 Å². The summed E-state index contributed by atoms with van der Waals surface area (Å²) in [5, 5.41) is 0. The van der Waals surface area contributed by atoms with Gasteiger partial charge in [0.2, 0.25) is 0 Å². The van der Waals surface area contributed by atoms with Crippen LogP contribution in [0.2, 0.25) is 0 Å². The molecule has 0 bridgehead atoms. The van der Waals surface area contributed by atoms with Crippen LogP contribution in [0, 0.1) is 5.82 Å². The fraction of sp³-hybridized carbons (Fsp3) is 0.538. The highest BCUT2D eigenvalue weighted by molar-refractivity contribution is 5.89. The maximum atomic E-state index is 13.3. The number of carbonyl (C=O) groups is 1. The second kappa shape index (κ2) is 5.75. The molecule has 0 saturated heterocycles. The smallest absolute Gasteiger partial charge is 0.341 e. The summed E-state index contributed by atoms with van der Waals surface area (Å²) >= 11 is 0. The lowest BCUT2D eigenvalue weighted by molar-refractivity contribution is 0.0262. The standard InChI is InChI=1S/C13H16FNO2/c14-12-9-15-8-7-11(12)13(16)17-10-5-3-1-2-4-6-10/h7-10H,1-6H2. The largest absolute Gasteiger partial charge is 0.459 e. The molecule has 1 aliphatic rings. The lowest BCUT2D eigenvalue weighted by Crippen LogP contribution is -2.18. The van der Waals surface area contributed by atoms with Gasteiger partial charge in [-0.3, -0.25) is 4.98 Å². The van der Waals surface area contributed by atoms with Gasteiger partial charge in [-0.15, -0.1) is 0 Å². The van der Waals surface area contributed by atoms with E-state index in [1.807, 2.05) is 0 Å². The Labute approximate surface area is 100 Å². The number of ether oxygens (including phenoxy) is 1. The highest BCUT2D eigenvalue weighted by Crippen LogP contribution is 2.21. The molecule has 0 unspecified atom stereocenters. The summed E-state index contributed by atoms with van der Waals surface area (Å²) in [5.74, 6) is -1.19. The quantitative estimate of drug-likeness (QED) is 0.586. The third-order valence-corrected chi connectivity index (χ3v) is 3.07. The number of pyridine rings is 1. The van der Waals surface area contributed by atoms with Crippen molar-refractivity contribution < 1.29 is 13.9 Å². The summed E-state index contributed by atoms with van der Waals surface area (Å²) in [6.45, 7) is 0. The molecule has 0 radical (unpaired) electrons. The van der Waals surface area contributed by atoms with Crippen molar-refractivity contribution >= 4 is 5.97 Å². The van der Waals surface area contributed by atoms with E-state index in [1.54, 1.807) is 0 Å². The van der Waals surface area contributed by atoms with Gasteiger partial charge in [-0.25, -0.2) is 9.18 Å². The molecule has 0 aliphatic heterocycles. The third-order valence-electron chi connectivity index (χ3n) is 3.07. The van der Waals surface area contributed by atoms with Crippen molar-refractivity contribution in [2.45, 2.75) is 44.6 Å². The highest BCUT2D eigenvalue weighted by Gasteiger charge is 2.19. The predicted molar refractivity (Wildman–Crippen MR) is 61.1 cm³/mol. The molecule has 0 spiro atoms. The number of hydrogen-bond donors (Lipinski definition) is 0. The van der Waals surface area contributed by atoms with E-state index in [0.717, 1.165) is 31.9 Å². The number of aromatic nitrogens is 1. The van der Waals surface area contributed by atoms with Crippen LogP contribution in [0.3, 0.4) is 0 Å². The summed E-state index contributed by atoms with van der Waals surface area (Å²) in [4.78, 5) is 15.4. The van der Waals surface area contributed by atoms with Crippen LogP contribution in [0.4, 0.5) is 4.39 Å². The SMILES string of the molecule is O=C(OC1CCCCCC1)c1ccncc1F. The van der Waals surface area contributed by atoms with Gasteiger partial charge >= 0.3 is 5.97 Å². The van der Waals surface area contributed by atoms with Gasteiger partial charge in [0.05, 0.1) is 11.8 Å². The van der Waals surface area contributed by atoms with E-state index in [2.05, 4.69) is 4.98 Å². The minimum Gasteiger partial charge on any atom is -0.459 e. The van der Waals surface area contributed by atoms with Crippen LogP contribution in [-0.2, 0) is 4.74 Å². The monoisotopic (exact) mass is 237 g/mol. The Morgan fingerprint density at radius 1 is 1.29 bits per heavy atom. The summed E-state index contributed by atoms with van der Waals surface area (Å²) in [7, 11) is 0. The molecule has 1 aromatic rings. The van der Waals surface area contributed by atoms with Crippen molar-refractivity contribution in [3.8, 4) is 0 Å². The zero-order valence-corrected chi connectivity index (χ0v) is 9.69. The first-order valence-corrected chi connectivity index (χ1v) is 6.08. The molecule has 1 saturated carbocycles. The Hall–Kier alpha value is -1.45. The van der Waals surface area contributed by atoms with E-state index >= 15 is 0 Å². The minimum absolute atomic E-state index is 0.0238. The minimum atomic E-state index is -0.619. The fourth-order valence-corrected chi connectivity index (χ4v) is 2.12. The molecular formula is C13H16FNO2. The Bertz CT molecular complexity index is 387. The Balaban J connectivity index is 1.98. The summed E-state index contributed by atoms with van der Waals surface area (Å²) in [6, 6.07) is 1.36. The number of hydrogen-bond acceptors (Lipinski definition) is 3. The molecule has 0 N–H and O–H groups in total. The Morgan fingerprint density at radius 3 is 2.65 bits per heavy atom. The average Bonchev–Trinajstić information content (AvgIpc) is 2.58. The molecule has 92 valence electrons. The molecule has 2 rings (SSSR count). The number of nitrogens with zero attached hydrogens (tertiary/aromatic N) is 1. The van der Waals surface area contributed by atoms with Crippen LogP contribution in [0.25, 0.3) is 0 Å². The Kier molecular flexibility index (Phi) is 4.07. The second-order valence-electron chi connectivity index (χ2n) is 4.37. The molecule has 4 heteroatoms. The summed E-state index contributed by atoms with van der Waals surface area (Å²) < 4.78 is 18.6. The number of esters is 1. The van der Waals surface area contributed by atoms with Crippen LogP contribution in [0.15, 0.2) is 18.5 Å². The first kappa shape index (κ1) is 12.0. The van der Waals surface area contributed by atoms with E-state index in [0.29, 0.717) is 0 Å². The van der Waals surface area contributed by atoms with Gasteiger partial charge in [0, 0.05) is 6.20 Å². The average molecular weight is 237 g/mol. The molecule has 1 heterocycles. The topological polar surface area (TPSA) is 39.2 Å². The molecule has 1 fully saturated rings. The maximum Gasteiger partial charge on any atom is 0.341 e. The van der Waals surface area contributed by atoms with Crippen LogP contribution in [-0.4, -0.2) is 17.1 Å². The van der Waals surface area contributed by atoms with Gasteiger partial charge in [0.1, 0.15) is 6.10 Å². The van der Waals surface area contributed by atoms with Crippen molar-refractivity contribution in [1.29, 1.82) is 0 Å². The number of carbonyl (C=O) groups excluding carboxylic acids is 1. The van der Waals surface area contributed by atoms with Crippen LogP contribution >= 0.6 is 0 Å². The number of halogens is 1. The van der Waals surface area contributed by atoms with Crippen LogP contribution < -0.4 is 0 Å². The van der Waals surface area contributed by atoms with Gasteiger partial charge in [-0.05, 0) is 31.7 Å². The lowest BCUT2D eigenvalue weighted by Gasteiger charge is -2.15. The van der Waals surface area contributed by atoms with Gasteiger partial charge in [-0.2, -0.15) is 0 Å². The van der Waals surface area contributed by atoms with Crippen molar-refractivity contribution in [3.63, 3.8) is 0 Å². The first-order chi connectivity index (χ1) is 8.27. The maximum absolute atomic E-state index is 13.3. The van der Waals surface area contributed by atoms with E-state index < -0.39 is 11.8 Å². The molecule has 3 nitrogen and oxygen atoms in total. The van der Waals surface area contributed by atoms with Crippen molar-refractivity contribution in [1.82, 2.24) is 4.98 Å². The van der Waals surface area contributed by atoms with Crippen LogP contribution in [0.5, 0.6) is 0 Å². The normalized spacial score (nSPS) is 17.5. The second-order valence-corrected chi connectivity index (χ2v) is 4.37. The van der Waals surface area contributed by atoms with Gasteiger partial charge in [-0.1, -0.05) is 12.8 Å². The van der Waals surface area contributed by atoms with Crippen molar-refractivity contribution in [2.75, 3.05) is 0 Å². The predicted octanol–water partition coefficient (Wildman–Crippen LogP) is 3.10. The molecule has 0 amide bonds. The van der Waals surface area contributed by atoms with E-state index in [4.69, 9.17) is 4.74 Å². The summed E-state index contributed by atoms with van der Waals surface area (Å²) in [5.41, 5.74) is -0.0238. The van der Waals surface area contributed by atoms with Gasteiger partial charge in [0.15, 0.2) is 5.82 Å². The van der Waals surface area contributed by atoms with Crippen molar-refractivity contribution in [3.05, 3.63) is 29.8 Å². The molecule has 1 aliphatic carbocycles. The summed E-state index contributed by atoms with van der Waals surface area (Å²) in [6.07, 6.45) is 8.69. The molecule has 1 aromatic heterocycles. The molecule has 0 atom stereocenters. The van der Waals surface area contributed by atoms with Crippen molar-refractivity contribution in [2.24, 2.45) is 0 Å². The zero-order chi connectivity index (χ0) is 12.1. The van der Waals surface area contributed by atoms with E-state index in [-0.39, 0.29) is 11.7 Å². The lowest BCUT2D eigenvalue weighted by atomic mass is 10.1. The fourth-order valence-electron chi connectivity index (χ4n) is 2.12. The first-order valence-electron chi connectivity index (χ1n) is 6.08. The molecular weight excluding hydrogens is 221 g/mol. The molecule has 0 aromatic carbocycles. The van der Waals surface area contributed by atoms with E-state index in [9.17, 15) is 9.18 Å².